The van der Waals surface area contributed by atoms with Crippen LogP contribution < -0.4 is 4.74 Å². The van der Waals surface area contributed by atoms with Crippen molar-refractivity contribution in [2.24, 2.45) is 0 Å². The predicted molar refractivity (Wildman–Crippen MR) is 70.3 cm³/mol. The van der Waals surface area contributed by atoms with Gasteiger partial charge in [0, 0.05) is 11.5 Å². The van der Waals surface area contributed by atoms with Crippen LogP contribution in [0.2, 0.25) is 0 Å². The summed E-state index contributed by atoms with van der Waals surface area (Å²) in [5.41, 5.74) is 0. The standard InChI is InChI=1S/C16H8F4O/c17-11-8-12(18)15(20)16(14(11)19)21-13-7-3-5-9-4-1-2-6-10(9)13/h1-8H. The Bertz CT molecular complexity index is 798. The molecule has 21 heavy (non-hydrogen) atoms. The second kappa shape index (κ2) is 5.09. The van der Waals surface area contributed by atoms with Crippen molar-refractivity contribution < 1.29 is 22.3 Å². The lowest BCUT2D eigenvalue weighted by atomic mass is 10.1. The second-order valence-electron chi connectivity index (χ2n) is 4.38. The van der Waals surface area contributed by atoms with Crippen LogP contribution in [0.5, 0.6) is 11.5 Å². The SMILES string of the molecule is Fc1cc(F)c(F)c(Oc2cccc3ccccc23)c1F. The van der Waals surface area contributed by atoms with Crippen LogP contribution >= 0.6 is 0 Å². The third-order valence-electron chi connectivity index (χ3n) is 3.03. The minimum atomic E-state index is -1.57. The molecule has 0 N–H and O–H groups in total. The molecule has 0 spiro atoms. The predicted octanol–water partition coefficient (Wildman–Crippen LogP) is 5.19. The van der Waals surface area contributed by atoms with Crippen molar-refractivity contribution in [3.63, 3.8) is 0 Å². The fourth-order valence-electron chi connectivity index (χ4n) is 2.04. The minimum Gasteiger partial charge on any atom is -0.450 e. The fraction of sp³-hybridized carbons (Fsp3) is 0. The molecule has 3 rings (SSSR count). The van der Waals surface area contributed by atoms with Crippen molar-refractivity contribution in [2.45, 2.75) is 0 Å². The van der Waals surface area contributed by atoms with Crippen molar-refractivity contribution in [3.05, 3.63) is 71.8 Å². The molecule has 0 aliphatic rings. The van der Waals surface area contributed by atoms with Gasteiger partial charge in [-0.25, -0.2) is 8.78 Å². The first-order valence-electron chi connectivity index (χ1n) is 6.06. The van der Waals surface area contributed by atoms with Gasteiger partial charge in [-0.1, -0.05) is 36.4 Å². The highest BCUT2D eigenvalue weighted by Gasteiger charge is 2.21. The maximum absolute atomic E-state index is 13.6. The van der Waals surface area contributed by atoms with Crippen LogP contribution in [0.25, 0.3) is 10.8 Å². The molecule has 0 saturated heterocycles. The Hall–Kier alpha value is -2.56. The molecule has 1 nitrogen and oxygen atoms in total. The average molecular weight is 292 g/mol. The largest absolute Gasteiger partial charge is 0.450 e. The highest BCUT2D eigenvalue weighted by molar-refractivity contribution is 5.88. The molecule has 3 aromatic carbocycles. The average Bonchev–Trinajstić information content (AvgIpc) is 2.50. The van der Waals surface area contributed by atoms with Crippen molar-refractivity contribution in [3.8, 4) is 11.5 Å². The number of fused-ring (bicyclic) bond motifs is 1. The van der Waals surface area contributed by atoms with E-state index in [1.54, 1.807) is 36.4 Å². The van der Waals surface area contributed by atoms with Crippen LogP contribution in [0.1, 0.15) is 0 Å². The lowest BCUT2D eigenvalue weighted by molar-refractivity contribution is 0.368. The summed E-state index contributed by atoms with van der Waals surface area (Å²) < 4.78 is 58.7. The van der Waals surface area contributed by atoms with Crippen molar-refractivity contribution in [2.75, 3.05) is 0 Å². The molecule has 3 aromatic rings. The molecule has 0 radical (unpaired) electrons. The number of hydrogen-bond donors (Lipinski definition) is 0. The summed E-state index contributed by atoms with van der Waals surface area (Å²) in [6.07, 6.45) is 0. The van der Waals surface area contributed by atoms with Crippen LogP contribution in [0.4, 0.5) is 17.6 Å². The zero-order valence-corrected chi connectivity index (χ0v) is 10.5. The Morgan fingerprint density at radius 3 is 2.05 bits per heavy atom. The van der Waals surface area contributed by atoms with Gasteiger partial charge in [0.2, 0.25) is 17.4 Å². The monoisotopic (exact) mass is 292 g/mol. The van der Waals surface area contributed by atoms with E-state index < -0.39 is 29.0 Å². The van der Waals surface area contributed by atoms with Crippen LogP contribution in [0.3, 0.4) is 0 Å². The number of hydrogen-bond acceptors (Lipinski definition) is 1. The lowest BCUT2D eigenvalue weighted by Gasteiger charge is -2.11. The highest BCUT2D eigenvalue weighted by atomic mass is 19.2. The maximum atomic E-state index is 13.6. The molecule has 106 valence electrons. The zero-order chi connectivity index (χ0) is 15.0. The van der Waals surface area contributed by atoms with E-state index in [1.807, 2.05) is 0 Å². The Kier molecular flexibility index (Phi) is 3.25. The lowest BCUT2D eigenvalue weighted by Crippen LogP contribution is -1.99. The van der Waals surface area contributed by atoms with Crippen molar-refractivity contribution in [1.82, 2.24) is 0 Å². The number of ether oxygens (including phenoxy) is 1. The second-order valence-corrected chi connectivity index (χ2v) is 4.38. The van der Waals surface area contributed by atoms with E-state index in [4.69, 9.17) is 4.74 Å². The minimum absolute atomic E-state index is 0.107. The summed E-state index contributed by atoms with van der Waals surface area (Å²) in [6, 6.07) is 12.0. The topological polar surface area (TPSA) is 9.23 Å². The quantitative estimate of drug-likeness (QED) is 0.466. The third-order valence-corrected chi connectivity index (χ3v) is 3.03. The molecule has 0 amide bonds. The van der Waals surface area contributed by atoms with Crippen LogP contribution in [-0.2, 0) is 0 Å². The van der Waals surface area contributed by atoms with E-state index in [0.717, 1.165) is 5.39 Å². The highest BCUT2D eigenvalue weighted by Crippen LogP contribution is 2.34. The van der Waals surface area contributed by atoms with Crippen LogP contribution in [0.15, 0.2) is 48.5 Å². The first-order valence-corrected chi connectivity index (χ1v) is 6.06. The Morgan fingerprint density at radius 2 is 1.33 bits per heavy atom. The fourth-order valence-corrected chi connectivity index (χ4v) is 2.04. The van der Waals surface area contributed by atoms with Crippen molar-refractivity contribution in [1.29, 1.82) is 0 Å². The van der Waals surface area contributed by atoms with E-state index >= 15 is 0 Å². The number of rotatable bonds is 2. The van der Waals surface area contributed by atoms with Crippen LogP contribution in [0, 0.1) is 23.3 Å². The smallest absolute Gasteiger partial charge is 0.204 e. The molecule has 5 heteroatoms. The molecule has 0 atom stereocenters. The van der Waals surface area contributed by atoms with Gasteiger partial charge in [0.05, 0.1) is 0 Å². The zero-order valence-electron chi connectivity index (χ0n) is 10.5. The summed E-state index contributed by atoms with van der Waals surface area (Å²) in [7, 11) is 0. The van der Waals surface area contributed by atoms with E-state index in [2.05, 4.69) is 0 Å². The molecule has 0 fully saturated rings. The summed E-state index contributed by atoms with van der Waals surface area (Å²) >= 11 is 0. The number of benzene rings is 3. The van der Waals surface area contributed by atoms with Gasteiger partial charge in [0.25, 0.3) is 0 Å². The molecule has 0 bridgehead atoms. The van der Waals surface area contributed by atoms with Gasteiger partial charge in [-0.05, 0) is 11.5 Å². The van der Waals surface area contributed by atoms with Crippen molar-refractivity contribution >= 4 is 10.8 Å². The Morgan fingerprint density at radius 1 is 0.714 bits per heavy atom. The maximum Gasteiger partial charge on any atom is 0.204 e. The van der Waals surface area contributed by atoms with E-state index in [9.17, 15) is 17.6 Å². The molecular weight excluding hydrogens is 284 g/mol. The first-order chi connectivity index (χ1) is 10.1. The summed E-state index contributed by atoms with van der Waals surface area (Å²) in [4.78, 5) is 0. The molecule has 0 saturated carbocycles. The van der Waals surface area contributed by atoms with Gasteiger partial charge in [-0.15, -0.1) is 0 Å². The van der Waals surface area contributed by atoms with E-state index in [-0.39, 0.29) is 11.8 Å². The Balaban J connectivity index is 2.16. The molecule has 0 aliphatic carbocycles. The van der Waals surface area contributed by atoms with Gasteiger partial charge < -0.3 is 4.74 Å². The van der Waals surface area contributed by atoms with Crippen LogP contribution in [-0.4, -0.2) is 0 Å². The van der Waals surface area contributed by atoms with Gasteiger partial charge in [0.1, 0.15) is 5.75 Å². The molecule has 0 unspecified atom stereocenters. The molecule has 0 heterocycles. The summed E-state index contributed by atoms with van der Waals surface area (Å²) in [5.74, 6) is -7.14. The number of halogens is 4. The summed E-state index contributed by atoms with van der Waals surface area (Å²) in [5, 5.41) is 1.34. The third kappa shape index (κ3) is 2.31. The van der Waals surface area contributed by atoms with E-state index in [0.29, 0.717) is 5.39 Å². The Labute approximate surface area is 117 Å². The first kappa shape index (κ1) is 13.4. The molecule has 0 aliphatic heterocycles. The van der Waals surface area contributed by atoms with Gasteiger partial charge in [-0.2, -0.15) is 8.78 Å². The molecule has 0 aromatic heterocycles. The van der Waals surface area contributed by atoms with Gasteiger partial charge in [-0.3, -0.25) is 0 Å². The van der Waals surface area contributed by atoms with Gasteiger partial charge >= 0.3 is 0 Å². The normalized spacial score (nSPS) is 10.9. The van der Waals surface area contributed by atoms with Gasteiger partial charge in [0.15, 0.2) is 11.6 Å². The molecular formula is C16H8F4O. The van der Waals surface area contributed by atoms with E-state index in [1.165, 1.54) is 6.07 Å². The summed E-state index contributed by atoms with van der Waals surface area (Å²) in [6.45, 7) is 0.